The summed E-state index contributed by atoms with van der Waals surface area (Å²) in [4.78, 5) is 19.4. The van der Waals surface area contributed by atoms with Gasteiger partial charge in [-0.25, -0.2) is 4.98 Å². The van der Waals surface area contributed by atoms with E-state index in [1.165, 1.54) is 0 Å². The molecule has 1 fully saturated rings. The molecule has 0 spiro atoms. The number of carbonyl (C=O) groups is 1. The van der Waals surface area contributed by atoms with Gasteiger partial charge in [-0.05, 0) is 57.7 Å². The highest BCUT2D eigenvalue weighted by Crippen LogP contribution is 2.38. The Bertz CT molecular complexity index is 857. The van der Waals surface area contributed by atoms with Crippen molar-refractivity contribution >= 4 is 17.2 Å². The van der Waals surface area contributed by atoms with Crippen LogP contribution < -0.4 is 16.2 Å². The number of thiazole rings is 1. The fourth-order valence-corrected chi connectivity index (χ4v) is 4.86. The Hall–Kier alpha value is -2.00. The third-order valence-electron chi connectivity index (χ3n) is 5.72. The van der Waals surface area contributed by atoms with Crippen LogP contribution in [0.1, 0.15) is 49.9 Å². The number of benzene rings is 1. The number of aryl methyl sites for hydroxylation is 1. The Morgan fingerprint density at radius 2 is 2.20 bits per heavy atom. The smallest absolute Gasteiger partial charge is 0.234 e. The first-order chi connectivity index (χ1) is 14.4. The second kappa shape index (κ2) is 10.3. The molecule has 1 aromatic carbocycles. The number of aromatic nitrogens is 1. The number of aliphatic hydroxyl groups excluding tert-OH is 1. The molecule has 0 saturated carbocycles. The maximum absolute atomic E-state index is 11.9. The SMILES string of the molecule is Cc1ncsc1-c1ccc([C@H](C)N2CC(O)CC2C(N)=O)c(OCCCCCN)c1. The highest BCUT2D eigenvalue weighted by molar-refractivity contribution is 7.13. The number of amides is 1. The van der Waals surface area contributed by atoms with Gasteiger partial charge in [0.05, 0.1) is 34.8 Å². The monoisotopic (exact) mass is 432 g/mol. The van der Waals surface area contributed by atoms with Crippen LogP contribution in [0.15, 0.2) is 23.7 Å². The van der Waals surface area contributed by atoms with Gasteiger partial charge in [-0.1, -0.05) is 12.1 Å². The van der Waals surface area contributed by atoms with E-state index >= 15 is 0 Å². The summed E-state index contributed by atoms with van der Waals surface area (Å²) in [6, 6.07) is 5.59. The Balaban J connectivity index is 1.87. The molecule has 1 aliphatic rings. The number of likely N-dealkylation sites (tertiary alicyclic amines) is 1. The number of hydrogen-bond acceptors (Lipinski definition) is 7. The molecule has 5 N–H and O–H groups in total. The summed E-state index contributed by atoms with van der Waals surface area (Å²) in [5.41, 5.74) is 16.1. The van der Waals surface area contributed by atoms with Crippen molar-refractivity contribution < 1.29 is 14.6 Å². The number of primary amides is 1. The third kappa shape index (κ3) is 5.18. The van der Waals surface area contributed by atoms with E-state index in [1.807, 2.05) is 24.3 Å². The summed E-state index contributed by atoms with van der Waals surface area (Å²) in [7, 11) is 0. The molecule has 8 heteroatoms. The van der Waals surface area contributed by atoms with Gasteiger partial charge in [-0.3, -0.25) is 9.69 Å². The zero-order chi connectivity index (χ0) is 21.7. The van der Waals surface area contributed by atoms with Gasteiger partial charge >= 0.3 is 0 Å². The van der Waals surface area contributed by atoms with E-state index in [0.29, 0.717) is 26.1 Å². The third-order valence-corrected chi connectivity index (χ3v) is 6.70. The minimum Gasteiger partial charge on any atom is -0.493 e. The van der Waals surface area contributed by atoms with E-state index in [1.54, 1.807) is 11.3 Å². The average Bonchev–Trinajstić information content (AvgIpc) is 3.33. The number of β-amino-alcohol motifs (C(OH)–C–C–N with tert-alkyl or cyclic N) is 1. The quantitative estimate of drug-likeness (QED) is 0.497. The maximum Gasteiger partial charge on any atom is 0.234 e. The molecular formula is C22H32N4O3S. The van der Waals surface area contributed by atoms with E-state index in [0.717, 1.165) is 46.7 Å². The Morgan fingerprint density at radius 1 is 1.40 bits per heavy atom. The van der Waals surface area contributed by atoms with Gasteiger partial charge in [0.15, 0.2) is 0 Å². The summed E-state index contributed by atoms with van der Waals surface area (Å²) in [6.45, 7) is 5.74. The van der Waals surface area contributed by atoms with Gasteiger partial charge in [-0.15, -0.1) is 11.3 Å². The Labute approximate surface area is 182 Å². The van der Waals surface area contributed by atoms with Crippen LogP contribution in [0.3, 0.4) is 0 Å². The number of nitrogens with zero attached hydrogens (tertiary/aromatic N) is 2. The molecule has 2 aromatic rings. The van der Waals surface area contributed by atoms with Crippen LogP contribution in [-0.2, 0) is 4.79 Å². The van der Waals surface area contributed by atoms with Crippen molar-refractivity contribution in [3.05, 3.63) is 35.0 Å². The zero-order valence-corrected chi connectivity index (χ0v) is 18.5. The Morgan fingerprint density at radius 3 is 2.87 bits per heavy atom. The van der Waals surface area contributed by atoms with Crippen LogP contribution in [0.4, 0.5) is 0 Å². The molecule has 0 bridgehead atoms. The van der Waals surface area contributed by atoms with Gasteiger partial charge in [0, 0.05) is 18.2 Å². The Kier molecular flexibility index (Phi) is 7.82. The van der Waals surface area contributed by atoms with Crippen LogP contribution in [0.2, 0.25) is 0 Å². The molecule has 1 aliphatic heterocycles. The molecule has 3 atom stereocenters. The van der Waals surface area contributed by atoms with Crippen molar-refractivity contribution in [2.24, 2.45) is 11.5 Å². The predicted molar refractivity (Wildman–Crippen MR) is 119 cm³/mol. The first-order valence-corrected chi connectivity index (χ1v) is 11.4. The average molecular weight is 433 g/mol. The first-order valence-electron chi connectivity index (χ1n) is 10.5. The molecule has 0 radical (unpaired) electrons. The summed E-state index contributed by atoms with van der Waals surface area (Å²) in [6.07, 6.45) is 2.76. The topological polar surface area (TPSA) is 115 Å². The lowest BCUT2D eigenvalue weighted by Gasteiger charge is -2.30. The second-order valence-electron chi connectivity index (χ2n) is 7.90. The lowest BCUT2D eigenvalue weighted by Crippen LogP contribution is -2.41. The minimum absolute atomic E-state index is 0.115. The molecule has 2 unspecified atom stereocenters. The van der Waals surface area contributed by atoms with Crippen LogP contribution in [-0.4, -0.2) is 52.7 Å². The zero-order valence-electron chi connectivity index (χ0n) is 17.7. The lowest BCUT2D eigenvalue weighted by atomic mass is 10.0. The molecule has 3 rings (SSSR count). The van der Waals surface area contributed by atoms with Crippen LogP contribution in [0.5, 0.6) is 5.75 Å². The fourth-order valence-electron chi connectivity index (χ4n) is 4.05. The van der Waals surface area contributed by atoms with Crippen molar-refractivity contribution in [2.45, 2.75) is 57.7 Å². The summed E-state index contributed by atoms with van der Waals surface area (Å²) in [5.74, 6) is 0.393. The van der Waals surface area contributed by atoms with E-state index < -0.39 is 18.1 Å². The van der Waals surface area contributed by atoms with E-state index in [-0.39, 0.29) is 6.04 Å². The number of aliphatic hydroxyl groups is 1. The number of rotatable bonds is 10. The first kappa shape index (κ1) is 22.7. The molecule has 1 amide bonds. The molecule has 7 nitrogen and oxygen atoms in total. The van der Waals surface area contributed by atoms with Gasteiger partial charge in [-0.2, -0.15) is 0 Å². The molecule has 2 heterocycles. The van der Waals surface area contributed by atoms with Crippen molar-refractivity contribution in [2.75, 3.05) is 19.7 Å². The van der Waals surface area contributed by atoms with Crippen LogP contribution >= 0.6 is 11.3 Å². The van der Waals surface area contributed by atoms with Crippen molar-refractivity contribution in [3.63, 3.8) is 0 Å². The molecule has 164 valence electrons. The van der Waals surface area contributed by atoms with Crippen molar-refractivity contribution in [1.29, 1.82) is 0 Å². The second-order valence-corrected chi connectivity index (χ2v) is 8.75. The highest BCUT2D eigenvalue weighted by atomic mass is 32.1. The largest absolute Gasteiger partial charge is 0.493 e. The van der Waals surface area contributed by atoms with Gasteiger partial charge in [0.1, 0.15) is 5.75 Å². The number of ether oxygens (including phenoxy) is 1. The standard InChI is InChI=1S/C22H32N4O3S/c1-14-21(30-13-25-14)16-6-7-18(20(10-16)29-9-5-3-4-8-23)15(2)26-12-17(27)11-19(26)22(24)28/h6-7,10,13,15,17,19,27H,3-5,8-9,11-12,23H2,1-2H3,(H2,24,28)/t15-,17?,19?/m0/s1. The number of hydrogen-bond donors (Lipinski definition) is 3. The number of carbonyl (C=O) groups excluding carboxylic acids is 1. The van der Waals surface area contributed by atoms with Gasteiger partial charge in [0.2, 0.25) is 5.91 Å². The van der Waals surface area contributed by atoms with E-state index in [4.69, 9.17) is 16.2 Å². The summed E-state index contributed by atoms with van der Waals surface area (Å²) >= 11 is 1.61. The maximum atomic E-state index is 11.9. The number of nitrogens with two attached hydrogens (primary N) is 2. The minimum atomic E-state index is -0.551. The molecule has 30 heavy (non-hydrogen) atoms. The van der Waals surface area contributed by atoms with E-state index in [9.17, 15) is 9.90 Å². The van der Waals surface area contributed by atoms with Gasteiger partial charge in [0.25, 0.3) is 0 Å². The molecular weight excluding hydrogens is 400 g/mol. The summed E-state index contributed by atoms with van der Waals surface area (Å²) < 4.78 is 6.20. The van der Waals surface area contributed by atoms with Crippen molar-refractivity contribution in [3.8, 4) is 16.2 Å². The number of unbranched alkanes of at least 4 members (excludes halogenated alkanes) is 2. The van der Waals surface area contributed by atoms with Gasteiger partial charge < -0.3 is 21.3 Å². The van der Waals surface area contributed by atoms with Crippen LogP contribution in [0, 0.1) is 6.92 Å². The fraction of sp³-hybridized carbons (Fsp3) is 0.545. The van der Waals surface area contributed by atoms with Crippen molar-refractivity contribution in [1.82, 2.24) is 9.88 Å². The molecule has 1 aromatic heterocycles. The normalized spacial score (nSPS) is 20.4. The lowest BCUT2D eigenvalue weighted by molar-refractivity contribution is -0.123. The van der Waals surface area contributed by atoms with E-state index in [2.05, 4.69) is 23.2 Å². The highest BCUT2D eigenvalue weighted by Gasteiger charge is 2.38. The molecule has 0 aliphatic carbocycles. The van der Waals surface area contributed by atoms with Crippen LogP contribution in [0.25, 0.3) is 10.4 Å². The summed E-state index contributed by atoms with van der Waals surface area (Å²) in [5, 5.41) is 10.1. The predicted octanol–water partition coefficient (Wildman–Crippen LogP) is 2.61. The molecule has 1 saturated heterocycles.